The molecule has 4 heterocycles. The summed E-state index contributed by atoms with van der Waals surface area (Å²) in [6, 6.07) is -3.20. The van der Waals surface area contributed by atoms with Crippen LogP contribution in [0.5, 0.6) is 0 Å². The molecular weight excluding hydrogens is 860 g/mol. The topological polar surface area (TPSA) is 435 Å². The average Bonchev–Trinajstić information content (AvgIpc) is 3.18. The van der Waals surface area contributed by atoms with E-state index >= 15 is 0 Å². The molecule has 0 aromatic carbocycles. The predicted octanol–water partition coefficient (Wildman–Crippen LogP) is -8.75. The first-order valence-electron chi connectivity index (χ1n) is 18.6. The summed E-state index contributed by atoms with van der Waals surface area (Å²) in [4.78, 5) is 37.4. The van der Waals surface area contributed by atoms with Crippen molar-refractivity contribution in [3.05, 3.63) is 0 Å². The Morgan fingerprint density at radius 1 is 0.787 bits per heavy atom. The number of carbonyl (C=O) groups excluding carboxylic acids is 2. The molecule has 61 heavy (non-hydrogen) atoms. The van der Waals surface area contributed by atoms with Crippen molar-refractivity contribution in [2.24, 2.45) is 0 Å². The van der Waals surface area contributed by atoms with E-state index in [2.05, 4.69) is 14.8 Å². The summed E-state index contributed by atoms with van der Waals surface area (Å²) < 4.78 is 83.0. The Morgan fingerprint density at radius 3 is 1.90 bits per heavy atom. The normalized spacial score (nSPS) is 43.2. The van der Waals surface area contributed by atoms with Crippen LogP contribution < -0.4 is 10.6 Å². The van der Waals surface area contributed by atoms with Gasteiger partial charge in [0.15, 0.2) is 18.9 Å². The van der Waals surface area contributed by atoms with Crippen LogP contribution in [0.25, 0.3) is 0 Å². The molecule has 4 fully saturated rings. The van der Waals surface area contributed by atoms with Gasteiger partial charge >= 0.3 is 16.4 Å². The molecule has 0 radical (unpaired) electrons. The van der Waals surface area contributed by atoms with Gasteiger partial charge < -0.3 is 105 Å². The van der Waals surface area contributed by atoms with E-state index in [4.69, 9.17) is 37.9 Å². The summed E-state index contributed by atoms with van der Waals surface area (Å²) in [6.07, 6.45) is -36.4. The van der Waals surface area contributed by atoms with Crippen molar-refractivity contribution in [1.82, 2.24) is 10.6 Å². The number of nitrogens with one attached hydrogen (secondary N) is 2. The van der Waals surface area contributed by atoms with Crippen molar-refractivity contribution in [3.63, 3.8) is 0 Å². The minimum absolute atomic E-state index is 0.778. The van der Waals surface area contributed by atoms with Crippen molar-refractivity contribution in [2.45, 2.75) is 155 Å². The highest BCUT2D eigenvalue weighted by Gasteiger charge is 2.61. The van der Waals surface area contributed by atoms with E-state index < -0.39 is 183 Å². The number of rotatable bonds is 17. The summed E-state index contributed by atoms with van der Waals surface area (Å²) >= 11 is 0. The molecule has 2 amide bonds. The molecule has 0 saturated carbocycles. The minimum atomic E-state index is -5.25. The molecule has 4 saturated heterocycles. The van der Waals surface area contributed by atoms with Crippen LogP contribution >= 0.6 is 0 Å². The van der Waals surface area contributed by atoms with Crippen molar-refractivity contribution < 1.29 is 126 Å². The second kappa shape index (κ2) is 21.0. The van der Waals surface area contributed by atoms with Gasteiger partial charge in [-0.2, -0.15) is 8.42 Å². The molecule has 4 rings (SSSR count). The molecule has 4 aliphatic heterocycles. The number of carbonyl (C=O) groups is 3. The SMILES string of the molecule is CO[C@@H]1O[C@H](COS(=O)(=O)O)[C@@H](O[C@@H]2O[C@H](CO)[C@H](O)[C@H](O[C@]3(C(=O)O)C[C@H](O)[C@@H](NC(C)=O)[C@H]([C@H](O)[C@H](O)CO)O3)[C@H]2O)[C@H](O[C@@H]2O[C@@H](C)[C@@H](O)[C@@H](O)[C@@H]2O)[C@H]1NC(C)=O. The van der Waals surface area contributed by atoms with Crippen LogP contribution in [-0.4, -0.2) is 242 Å². The highest BCUT2D eigenvalue weighted by atomic mass is 32.3. The lowest BCUT2D eigenvalue weighted by Gasteiger charge is -2.51. The van der Waals surface area contributed by atoms with Gasteiger partial charge in [-0.05, 0) is 6.92 Å². The van der Waals surface area contributed by atoms with E-state index in [9.17, 15) is 83.5 Å². The summed E-state index contributed by atoms with van der Waals surface area (Å²) in [5.74, 6) is -6.85. The number of carboxylic acids is 1. The highest BCUT2D eigenvalue weighted by Crippen LogP contribution is 2.39. The molecule has 21 atom stereocenters. The number of aliphatic hydroxyl groups excluding tert-OH is 10. The Morgan fingerprint density at radius 2 is 1.36 bits per heavy atom. The van der Waals surface area contributed by atoms with E-state index in [0.717, 1.165) is 21.0 Å². The van der Waals surface area contributed by atoms with Crippen LogP contribution in [0, 0.1) is 0 Å². The van der Waals surface area contributed by atoms with E-state index in [0.29, 0.717) is 0 Å². The maximum atomic E-state index is 13.0. The van der Waals surface area contributed by atoms with Crippen molar-refractivity contribution in [2.75, 3.05) is 26.9 Å². The highest BCUT2D eigenvalue weighted by molar-refractivity contribution is 7.80. The zero-order valence-electron chi connectivity index (χ0n) is 32.9. The van der Waals surface area contributed by atoms with E-state index in [1.54, 1.807) is 0 Å². The molecule has 4 aliphatic rings. The fraction of sp³-hybridized carbons (Fsp3) is 0.906. The number of aliphatic hydroxyl groups is 10. The summed E-state index contributed by atoms with van der Waals surface area (Å²) in [7, 11) is -4.18. The third-order valence-electron chi connectivity index (χ3n) is 10.4. The van der Waals surface area contributed by atoms with Gasteiger partial charge in [0.1, 0.15) is 85.4 Å². The van der Waals surface area contributed by atoms with Gasteiger partial charge in [0.2, 0.25) is 11.8 Å². The predicted molar refractivity (Wildman–Crippen MR) is 188 cm³/mol. The lowest BCUT2D eigenvalue weighted by Crippen LogP contribution is -2.71. The lowest BCUT2D eigenvalue weighted by atomic mass is 9.88. The molecule has 0 aromatic rings. The number of ether oxygens (including phenoxy) is 8. The summed E-state index contributed by atoms with van der Waals surface area (Å²) in [6.45, 7) is -0.0711. The van der Waals surface area contributed by atoms with Gasteiger partial charge in [0, 0.05) is 27.4 Å². The zero-order chi connectivity index (χ0) is 45.9. The molecule has 29 heteroatoms. The zero-order valence-corrected chi connectivity index (χ0v) is 33.7. The van der Waals surface area contributed by atoms with Crippen LogP contribution in [0.4, 0.5) is 0 Å². The van der Waals surface area contributed by atoms with Crippen molar-refractivity contribution >= 4 is 28.2 Å². The van der Waals surface area contributed by atoms with Gasteiger partial charge in [-0.15, -0.1) is 0 Å². The Balaban J connectivity index is 1.78. The number of hydrogen-bond donors (Lipinski definition) is 14. The number of amides is 2. The first-order valence-corrected chi connectivity index (χ1v) is 20.0. The van der Waals surface area contributed by atoms with Crippen molar-refractivity contribution in [1.29, 1.82) is 0 Å². The first-order chi connectivity index (χ1) is 28.4. The molecule has 0 aromatic heterocycles. The van der Waals surface area contributed by atoms with Gasteiger partial charge in [-0.1, -0.05) is 0 Å². The van der Waals surface area contributed by atoms with Crippen LogP contribution in [0.2, 0.25) is 0 Å². The van der Waals surface area contributed by atoms with E-state index in [-0.39, 0.29) is 0 Å². The van der Waals surface area contributed by atoms with Gasteiger partial charge in [0.05, 0.1) is 38.1 Å². The van der Waals surface area contributed by atoms with E-state index in [1.165, 1.54) is 6.92 Å². The number of hydrogen-bond acceptors (Lipinski definition) is 24. The largest absolute Gasteiger partial charge is 0.477 e. The van der Waals surface area contributed by atoms with Crippen molar-refractivity contribution in [3.8, 4) is 0 Å². The molecule has 0 bridgehead atoms. The van der Waals surface area contributed by atoms with Gasteiger partial charge in [-0.25, -0.2) is 8.98 Å². The number of carboxylic acid groups (broad SMARTS) is 1. The Hall–Kier alpha value is -2.44. The average molecular weight is 915 g/mol. The Bertz CT molecular complexity index is 1600. The maximum absolute atomic E-state index is 13.0. The maximum Gasteiger partial charge on any atom is 0.397 e. The summed E-state index contributed by atoms with van der Waals surface area (Å²) in [5, 5.41) is 122. The fourth-order valence-electron chi connectivity index (χ4n) is 7.32. The van der Waals surface area contributed by atoms with Gasteiger partial charge in [-0.3, -0.25) is 14.1 Å². The van der Waals surface area contributed by atoms with Crippen LogP contribution in [-0.2, 0) is 66.9 Å². The van der Waals surface area contributed by atoms with E-state index in [1.807, 2.05) is 0 Å². The molecule has 0 spiro atoms. The number of aliphatic carboxylic acids is 1. The van der Waals surface area contributed by atoms with Crippen LogP contribution in [0.15, 0.2) is 0 Å². The van der Waals surface area contributed by atoms with Crippen LogP contribution in [0.3, 0.4) is 0 Å². The molecule has 14 N–H and O–H groups in total. The second-order valence-electron chi connectivity index (χ2n) is 14.8. The first kappa shape index (κ1) is 51.2. The second-order valence-corrected chi connectivity index (χ2v) is 15.9. The lowest BCUT2D eigenvalue weighted by molar-refractivity contribution is -0.390. The summed E-state index contributed by atoms with van der Waals surface area (Å²) in [5.41, 5.74) is 0. The molecule has 354 valence electrons. The minimum Gasteiger partial charge on any atom is -0.477 e. The molecular formula is C32H54N2O26S. The van der Waals surface area contributed by atoms with Crippen LogP contribution in [0.1, 0.15) is 27.2 Å². The Kier molecular flexibility index (Phi) is 17.7. The molecule has 28 nitrogen and oxygen atoms in total. The third kappa shape index (κ3) is 11.8. The number of methoxy groups -OCH3 is 1. The Labute approximate surface area is 346 Å². The monoisotopic (exact) mass is 914 g/mol. The smallest absolute Gasteiger partial charge is 0.397 e. The quantitative estimate of drug-likeness (QED) is 0.0603. The fourth-order valence-corrected chi connectivity index (χ4v) is 7.62. The van der Waals surface area contributed by atoms with Gasteiger partial charge in [0.25, 0.3) is 5.79 Å². The standard InChI is InChI=1S/C32H54N2O26S/c1-9-18(41)21(44)22(45)29(54-9)58-26-17(34-11(3)38)28(52-4)56-15(8-53-61(49,50)51)24(26)57-30-23(46)27(20(43)14(7-36)55-30)60-32(31(47)48)5-12(39)16(33-10(2)37)25(59-32)19(42)13(40)6-35/h9,12-30,35-36,39-46H,5-8H2,1-4H3,(H,33,37)(H,34,38)(H,47,48)(H,49,50,51)/t9-,12-,13+,14+,15+,16+,17+,18+,19+,20-,21+,22-,23+,24+,25+,26+,27-,28+,29-,30-,32-/m0/s1. The molecule has 0 unspecified atom stereocenters. The third-order valence-corrected chi connectivity index (χ3v) is 10.8. The molecule has 0 aliphatic carbocycles.